The first-order valence-electron chi connectivity index (χ1n) is 16.4. The summed E-state index contributed by atoms with van der Waals surface area (Å²) in [4.78, 5) is 30.9. The Hall–Kier alpha value is -3.93. The first kappa shape index (κ1) is 36.9. The van der Waals surface area contributed by atoms with Gasteiger partial charge >= 0.3 is 6.18 Å². The van der Waals surface area contributed by atoms with Crippen LogP contribution in [-0.2, 0) is 17.5 Å². The standard InChI is InChI=1S/C37H46F3N3O5/c1-25-21-43(26(2)24-44)36(46)32-20-31(41-35(45)29-11-6-5-7-12-29)17-18-33(32)48-27(3)10-8-9-19-47-34(25)23-42(4)22-28-13-15-30(16-14-28)37(38,39)40/h5-7,11-18,20,25-27,34,44H,8-10,19,21-24H2,1-4H3,(H,41,45)/t25-,26-,27-,34+/m1/s1. The van der Waals surface area contributed by atoms with Gasteiger partial charge in [0.25, 0.3) is 11.8 Å². The van der Waals surface area contributed by atoms with Crippen LogP contribution in [0.15, 0.2) is 72.8 Å². The number of nitrogens with zero attached hydrogens (tertiary/aromatic N) is 2. The molecule has 260 valence electrons. The number of ether oxygens (including phenoxy) is 2. The lowest BCUT2D eigenvalue weighted by Crippen LogP contribution is -2.47. The third-order valence-electron chi connectivity index (χ3n) is 8.57. The zero-order valence-electron chi connectivity index (χ0n) is 28.0. The van der Waals surface area contributed by atoms with Crippen molar-refractivity contribution in [2.75, 3.05) is 38.7 Å². The number of rotatable bonds is 8. The van der Waals surface area contributed by atoms with Crippen LogP contribution in [0.4, 0.5) is 18.9 Å². The van der Waals surface area contributed by atoms with Gasteiger partial charge in [-0.1, -0.05) is 37.3 Å². The SMILES string of the molecule is C[C@@H]1CCCCO[C@@H](CN(C)Cc2ccc(C(F)(F)F)cc2)[C@H](C)CN([C@H](C)CO)C(=O)c2cc(NC(=O)c3ccccc3)ccc2O1. The number of aliphatic hydroxyl groups is 1. The molecule has 0 saturated heterocycles. The summed E-state index contributed by atoms with van der Waals surface area (Å²) in [6.45, 7) is 7.09. The van der Waals surface area contributed by atoms with Gasteiger partial charge in [0.05, 0.1) is 36.0 Å². The molecular formula is C37H46F3N3O5. The fourth-order valence-corrected chi connectivity index (χ4v) is 5.74. The van der Waals surface area contributed by atoms with Crippen molar-refractivity contribution in [3.63, 3.8) is 0 Å². The van der Waals surface area contributed by atoms with Crippen LogP contribution >= 0.6 is 0 Å². The van der Waals surface area contributed by atoms with Crippen LogP contribution in [-0.4, -0.2) is 78.3 Å². The Morgan fingerprint density at radius 1 is 1.06 bits per heavy atom. The first-order chi connectivity index (χ1) is 22.8. The summed E-state index contributed by atoms with van der Waals surface area (Å²) < 4.78 is 51.8. The molecule has 1 aliphatic rings. The van der Waals surface area contributed by atoms with Gasteiger partial charge in [-0.25, -0.2) is 0 Å². The second-order valence-corrected chi connectivity index (χ2v) is 12.7. The molecular weight excluding hydrogens is 623 g/mol. The lowest BCUT2D eigenvalue weighted by molar-refractivity contribution is -0.137. The summed E-state index contributed by atoms with van der Waals surface area (Å²) in [5, 5.41) is 13.1. The topological polar surface area (TPSA) is 91.3 Å². The molecule has 0 bridgehead atoms. The largest absolute Gasteiger partial charge is 0.490 e. The van der Waals surface area contributed by atoms with Crippen LogP contribution in [0, 0.1) is 5.92 Å². The van der Waals surface area contributed by atoms with Crippen molar-refractivity contribution in [2.24, 2.45) is 5.92 Å². The van der Waals surface area contributed by atoms with Crippen molar-refractivity contribution in [1.82, 2.24) is 9.80 Å². The van der Waals surface area contributed by atoms with Crippen molar-refractivity contribution in [2.45, 2.75) is 71.0 Å². The van der Waals surface area contributed by atoms with Gasteiger partial charge in [-0.2, -0.15) is 13.2 Å². The maximum atomic E-state index is 14.3. The molecule has 1 heterocycles. The number of carbonyl (C=O) groups is 2. The molecule has 0 fully saturated rings. The summed E-state index contributed by atoms with van der Waals surface area (Å²) in [6.07, 6.45) is -2.53. The Balaban J connectivity index is 1.58. The van der Waals surface area contributed by atoms with Gasteiger partial charge in [-0.3, -0.25) is 14.5 Å². The van der Waals surface area contributed by atoms with E-state index in [2.05, 4.69) is 5.32 Å². The van der Waals surface area contributed by atoms with E-state index in [0.717, 1.165) is 37.0 Å². The molecule has 0 aliphatic carbocycles. The number of nitrogens with one attached hydrogen (secondary N) is 1. The highest BCUT2D eigenvalue weighted by molar-refractivity contribution is 6.05. The summed E-state index contributed by atoms with van der Waals surface area (Å²) in [5.74, 6) is -0.442. The number of benzene rings is 3. The van der Waals surface area contributed by atoms with Gasteiger partial charge in [0.15, 0.2) is 0 Å². The van der Waals surface area contributed by atoms with Crippen LogP contribution in [0.1, 0.15) is 71.9 Å². The minimum atomic E-state index is -4.39. The summed E-state index contributed by atoms with van der Waals surface area (Å²) >= 11 is 0. The second-order valence-electron chi connectivity index (χ2n) is 12.7. The summed E-state index contributed by atoms with van der Waals surface area (Å²) in [6, 6.07) is 18.4. The Morgan fingerprint density at radius 2 is 1.77 bits per heavy atom. The Morgan fingerprint density at radius 3 is 2.44 bits per heavy atom. The number of alkyl halides is 3. The van der Waals surface area contributed by atoms with Crippen LogP contribution in [0.5, 0.6) is 5.75 Å². The molecule has 8 nitrogen and oxygen atoms in total. The van der Waals surface area contributed by atoms with E-state index in [9.17, 15) is 27.9 Å². The highest BCUT2D eigenvalue weighted by atomic mass is 19.4. The Bertz CT molecular complexity index is 1490. The minimum Gasteiger partial charge on any atom is -0.490 e. The van der Waals surface area contributed by atoms with Gasteiger partial charge in [0, 0.05) is 43.4 Å². The van der Waals surface area contributed by atoms with E-state index in [1.165, 1.54) is 12.1 Å². The number of aliphatic hydroxyl groups excluding tert-OH is 1. The van der Waals surface area contributed by atoms with Crippen LogP contribution < -0.4 is 10.1 Å². The number of fused-ring (bicyclic) bond motifs is 1. The lowest BCUT2D eigenvalue weighted by Gasteiger charge is -2.36. The molecule has 0 aromatic heterocycles. The van der Waals surface area contributed by atoms with Gasteiger partial charge in [-0.15, -0.1) is 0 Å². The van der Waals surface area contributed by atoms with E-state index < -0.39 is 17.8 Å². The number of hydrogen-bond donors (Lipinski definition) is 2. The highest BCUT2D eigenvalue weighted by Crippen LogP contribution is 2.30. The van der Waals surface area contributed by atoms with Crippen molar-refractivity contribution in [3.05, 3.63) is 95.1 Å². The maximum absolute atomic E-state index is 14.3. The molecule has 11 heteroatoms. The van der Waals surface area contributed by atoms with Crippen molar-refractivity contribution >= 4 is 17.5 Å². The van der Waals surface area contributed by atoms with E-state index >= 15 is 0 Å². The molecule has 4 rings (SSSR count). The van der Waals surface area contributed by atoms with E-state index in [1.54, 1.807) is 54.3 Å². The molecule has 1 aliphatic heterocycles. The maximum Gasteiger partial charge on any atom is 0.416 e. The van der Waals surface area contributed by atoms with Gasteiger partial charge in [0.1, 0.15) is 5.75 Å². The first-order valence-corrected chi connectivity index (χ1v) is 16.4. The molecule has 0 unspecified atom stereocenters. The quantitative estimate of drug-likeness (QED) is 0.272. The molecule has 48 heavy (non-hydrogen) atoms. The number of amides is 2. The number of anilines is 1. The number of carbonyl (C=O) groups excluding carboxylic acids is 2. The summed E-state index contributed by atoms with van der Waals surface area (Å²) in [5.41, 5.74) is 1.24. The minimum absolute atomic E-state index is 0.176. The lowest BCUT2D eigenvalue weighted by atomic mass is 10.0. The fourth-order valence-electron chi connectivity index (χ4n) is 5.74. The molecule has 3 aromatic carbocycles. The molecule has 0 saturated carbocycles. The Labute approximate surface area is 280 Å². The smallest absolute Gasteiger partial charge is 0.416 e. The molecule has 0 spiro atoms. The van der Waals surface area contributed by atoms with Crippen molar-refractivity contribution < 1.29 is 37.3 Å². The van der Waals surface area contributed by atoms with Gasteiger partial charge in [0.2, 0.25) is 0 Å². The monoisotopic (exact) mass is 669 g/mol. The average molecular weight is 670 g/mol. The molecule has 4 atom stereocenters. The predicted octanol–water partition coefficient (Wildman–Crippen LogP) is 6.89. The zero-order chi connectivity index (χ0) is 34.8. The van der Waals surface area contributed by atoms with E-state index in [-0.39, 0.29) is 48.7 Å². The molecule has 3 aromatic rings. The van der Waals surface area contributed by atoms with Crippen LogP contribution in [0.25, 0.3) is 0 Å². The number of hydrogen-bond acceptors (Lipinski definition) is 6. The van der Waals surface area contributed by atoms with E-state index in [1.807, 2.05) is 31.9 Å². The zero-order valence-corrected chi connectivity index (χ0v) is 28.0. The predicted molar refractivity (Wildman–Crippen MR) is 179 cm³/mol. The number of halogens is 3. The second kappa shape index (κ2) is 16.9. The Kier molecular flexibility index (Phi) is 13.0. The normalized spacial score (nSPS) is 20.4. The van der Waals surface area contributed by atoms with Crippen molar-refractivity contribution in [1.29, 1.82) is 0 Å². The van der Waals surface area contributed by atoms with E-state index in [4.69, 9.17) is 9.47 Å². The van der Waals surface area contributed by atoms with Crippen LogP contribution in [0.2, 0.25) is 0 Å². The van der Waals surface area contributed by atoms with E-state index in [0.29, 0.717) is 36.7 Å². The average Bonchev–Trinajstić information content (AvgIpc) is 3.06. The van der Waals surface area contributed by atoms with Gasteiger partial charge in [-0.05, 0) is 88.2 Å². The number of likely N-dealkylation sites (N-methyl/N-ethyl adjacent to an activating group) is 1. The summed E-state index contributed by atoms with van der Waals surface area (Å²) in [7, 11) is 1.89. The molecule has 2 N–H and O–H groups in total. The third-order valence-corrected chi connectivity index (χ3v) is 8.57. The van der Waals surface area contributed by atoms with Gasteiger partial charge < -0.3 is 24.8 Å². The van der Waals surface area contributed by atoms with Crippen LogP contribution in [0.3, 0.4) is 0 Å². The molecule has 0 radical (unpaired) electrons. The third kappa shape index (κ3) is 10.3. The molecule has 2 amide bonds. The van der Waals surface area contributed by atoms with Crippen molar-refractivity contribution in [3.8, 4) is 5.75 Å². The fraction of sp³-hybridized carbons (Fsp3) is 0.459. The highest BCUT2D eigenvalue weighted by Gasteiger charge is 2.32.